The third-order valence-corrected chi connectivity index (χ3v) is 13.3. The molecule has 450 valence electrons. The van der Waals surface area contributed by atoms with E-state index in [9.17, 15) is 14.4 Å². The van der Waals surface area contributed by atoms with Crippen molar-refractivity contribution < 1.29 is 28.6 Å². The monoisotopic (exact) mass is 1100 g/mol. The Labute approximate surface area is 492 Å². The fraction of sp³-hybridized carbons (Fsp3) is 0.608. The first-order valence-corrected chi connectivity index (χ1v) is 32.5. The molecule has 6 nitrogen and oxygen atoms in total. The Morgan fingerprint density at radius 2 is 0.487 bits per heavy atom. The number of allylic oxidation sites excluding steroid dienone is 26. The van der Waals surface area contributed by atoms with E-state index in [4.69, 9.17) is 14.2 Å². The molecule has 0 spiro atoms. The Morgan fingerprint density at radius 1 is 0.263 bits per heavy atom. The summed E-state index contributed by atoms with van der Waals surface area (Å²) in [4.78, 5) is 38.0. The molecular weight excluding hydrogens is 985 g/mol. The van der Waals surface area contributed by atoms with Gasteiger partial charge in [0.1, 0.15) is 13.2 Å². The first kappa shape index (κ1) is 75.0. The molecule has 0 aliphatic carbocycles. The lowest BCUT2D eigenvalue weighted by atomic mass is 10.1. The van der Waals surface area contributed by atoms with Crippen molar-refractivity contribution in [2.75, 3.05) is 13.2 Å². The standard InChI is InChI=1S/C74H118O6/c1-4-7-10-13-16-18-20-22-24-26-28-30-32-34-35-36-37-38-39-41-42-44-46-48-50-52-54-56-58-61-64-67-73(76)79-70-71(69-78-72(75)66-63-60-15-12-9-6-3)80-74(77)68-65-62-59-57-55-53-51-49-47-45-43-40-33-31-29-27-25-23-21-19-17-14-11-8-5-2/h7-8,10-11,16-19,22-25,28-31,34-35,37-38,40-43,46,48,71H,4-6,9,12-15,20-21,26-27,32-33,36,39,44-45,47,49-70H2,1-3H3/b10-7-,11-8-,18-16-,19-17-,24-22-,25-23-,30-28-,31-29-,35-34-,38-37-,42-41-,43-40-,48-46-. The van der Waals surface area contributed by atoms with E-state index in [0.717, 1.165) is 161 Å². The average molecular weight is 1100 g/mol. The van der Waals surface area contributed by atoms with E-state index in [1.54, 1.807) is 0 Å². The zero-order chi connectivity index (χ0) is 57.8. The van der Waals surface area contributed by atoms with E-state index in [2.05, 4.69) is 179 Å². The van der Waals surface area contributed by atoms with Crippen LogP contribution in [-0.4, -0.2) is 37.2 Å². The van der Waals surface area contributed by atoms with Gasteiger partial charge in [-0.1, -0.05) is 281 Å². The Kier molecular flexibility index (Phi) is 62.4. The highest BCUT2D eigenvalue weighted by Crippen LogP contribution is 2.15. The van der Waals surface area contributed by atoms with Crippen LogP contribution in [0.25, 0.3) is 0 Å². The van der Waals surface area contributed by atoms with E-state index < -0.39 is 6.10 Å². The summed E-state index contributed by atoms with van der Waals surface area (Å²) in [7, 11) is 0. The van der Waals surface area contributed by atoms with E-state index >= 15 is 0 Å². The largest absolute Gasteiger partial charge is 0.462 e. The van der Waals surface area contributed by atoms with Crippen LogP contribution in [0.5, 0.6) is 0 Å². The highest BCUT2D eigenvalue weighted by atomic mass is 16.6. The molecule has 0 fully saturated rings. The summed E-state index contributed by atoms with van der Waals surface area (Å²) in [6, 6.07) is 0. The van der Waals surface area contributed by atoms with Gasteiger partial charge in [-0.3, -0.25) is 14.4 Å². The Balaban J connectivity index is 4.18. The third kappa shape index (κ3) is 63.9. The number of rotatable bonds is 57. The van der Waals surface area contributed by atoms with Gasteiger partial charge < -0.3 is 14.2 Å². The predicted molar refractivity (Wildman–Crippen MR) is 348 cm³/mol. The van der Waals surface area contributed by atoms with E-state index in [1.807, 2.05) is 0 Å². The van der Waals surface area contributed by atoms with Crippen LogP contribution in [0.15, 0.2) is 158 Å². The van der Waals surface area contributed by atoms with Crippen molar-refractivity contribution in [2.24, 2.45) is 0 Å². The lowest BCUT2D eigenvalue weighted by Gasteiger charge is -2.18. The zero-order valence-corrected chi connectivity index (χ0v) is 51.5. The lowest BCUT2D eigenvalue weighted by Crippen LogP contribution is -2.30. The number of carbonyl (C=O) groups excluding carboxylic acids is 3. The second kappa shape index (κ2) is 66.5. The molecule has 0 aromatic carbocycles. The van der Waals surface area contributed by atoms with Gasteiger partial charge in [-0.25, -0.2) is 0 Å². The molecule has 0 bridgehead atoms. The van der Waals surface area contributed by atoms with Crippen LogP contribution in [-0.2, 0) is 28.6 Å². The van der Waals surface area contributed by atoms with Crippen molar-refractivity contribution in [1.82, 2.24) is 0 Å². The molecule has 0 amide bonds. The van der Waals surface area contributed by atoms with E-state index in [0.29, 0.717) is 19.3 Å². The van der Waals surface area contributed by atoms with Gasteiger partial charge in [0.2, 0.25) is 0 Å². The maximum absolute atomic E-state index is 12.9. The number of unbranched alkanes of at least 4 members (excludes halogenated alkanes) is 20. The van der Waals surface area contributed by atoms with Crippen LogP contribution in [0.2, 0.25) is 0 Å². The van der Waals surface area contributed by atoms with Crippen LogP contribution in [0.4, 0.5) is 0 Å². The van der Waals surface area contributed by atoms with Crippen molar-refractivity contribution in [3.8, 4) is 0 Å². The molecule has 0 aromatic heterocycles. The first-order chi connectivity index (χ1) is 39.5. The minimum atomic E-state index is -0.792. The van der Waals surface area contributed by atoms with Crippen molar-refractivity contribution in [2.45, 2.75) is 277 Å². The van der Waals surface area contributed by atoms with Crippen LogP contribution < -0.4 is 0 Å². The third-order valence-electron chi connectivity index (χ3n) is 13.3. The van der Waals surface area contributed by atoms with Crippen LogP contribution in [0.3, 0.4) is 0 Å². The van der Waals surface area contributed by atoms with Gasteiger partial charge in [-0.2, -0.15) is 0 Å². The molecule has 1 unspecified atom stereocenters. The second-order valence-corrected chi connectivity index (χ2v) is 20.9. The minimum Gasteiger partial charge on any atom is -0.462 e. The van der Waals surface area contributed by atoms with Crippen molar-refractivity contribution in [3.63, 3.8) is 0 Å². The van der Waals surface area contributed by atoms with Gasteiger partial charge in [-0.05, 0) is 128 Å². The molecule has 0 N–H and O–H groups in total. The summed E-state index contributed by atoms with van der Waals surface area (Å²) in [5.74, 6) is -0.924. The Bertz CT molecular complexity index is 1790. The average Bonchev–Trinajstić information content (AvgIpc) is 3.46. The number of carbonyl (C=O) groups is 3. The lowest BCUT2D eigenvalue weighted by molar-refractivity contribution is -0.167. The molecule has 0 aromatic rings. The summed E-state index contributed by atoms with van der Waals surface area (Å²) >= 11 is 0. The summed E-state index contributed by atoms with van der Waals surface area (Å²) in [5.41, 5.74) is 0. The van der Waals surface area contributed by atoms with Gasteiger partial charge in [-0.15, -0.1) is 0 Å². The SMILES string of the molecule is CC/C=C\C/C=C\C/C=C\C/C=C\C/C=C\C/C=C\C/C=C\C/C=C\CCCCCCCCC(=O)OCC(COC(=O)CCCCCCCC)OC(=O)CCCCCCCCCCC/C=C\C/C=C\C/C=C\C/C=C\C/C=C\CC. The molecule has 0 saturated carbocycles. The number of hydrogen-bond donors (Lipinski definition) is 0. The van der Waals surface area contributed by atoms with E-state index in [-0.39, 0.29) is 31.1 Å². The molecular formula is C74H118O6. The van der Waals surface area contributed by atoms with Gasteiger partial charge in [0.25, 0.3) is 0 Å². The Morgan fingerprint density at radius 3 is 0.762 bits per heavy atom. The normalized spacial score (nSPS) is 13.2. The molecule has 80 heavy (non-hydrogen) atoms. The fourth-order valence-electron chi connectivity index (χ4n) is 8.48. The van der Waals surface area contributed by atoms with Crippen molar-refractivity contribution in [1.29, 1.82) is 0 Å². The summed E-state index contributed by atoms with van der Waals surface area (Å²) in [6.45, 7) is 6.33. The fourth-order valence-corrected chi connectivity index (χ4v) is 8.48. The van der Waals surface area contributed by atoms with Gasteiger partial charge in [0, 0.05) is 19.3 Å². The number of hydrogen-bond acceptors (Lipinski definition) is 6. The molecule has 0 radical (unpaired) electrons. The maximum Gasteiger partial charge on any atom is 0.306 e. The summed E-state index contributed by atoms with van der Waals surface area (Å²) < 4.78 is 16.8. The maximum atomic E-state index is 12.9. The smallest absolute Gasteiger partial charge is 0.306 e. The first-order valence-electron chi connectivity index (χ1n) is 32.5. The van der Waals surface area contributed by atoms with Gasteiger partial charge >= 0.3 is 17.9 Å². The topological polar surface area (TPSA) is 78.9 Å². The van der Waals surface area contributed by atoms with Crippen molar-refractivity contribution in [3.05, 3.63) is 158 Å². The molecule has 1 atom stereocenters. The highest BCUT2D eigenvalue weighted by Gasteiger charge is 2.19. The van der Waals surface area contributed by atoms with Crippen LogP contribution in [0.1, 0.15) is 271 Å². The van der Waals surface area contributed by atoms with Crippen LogP contribution >= 0.6 is 0 Å². The van der Waals surface area contributed by atoms with Crippen LogP contribution in [0, 0.1) is 0 Å². The zero-order valence-electron chi connectivity index (χ0n) is 51.5. The highest BCUT2D eigenvalue weighted by molar-refractivity contribution is 5.71. The van der Waals surface area contributed by atoms with Gasteiger partial charge in [0.15, 0.2) is 6.10 Å². The minimum absolute atomic E-state index is 0.0903. The second-order valence-electron chi connectivity index (χ2n) is 20.9. The van der Waals surface area contributed by atoms with Crippen molar-refractivity contribution >= 4 is 17.9 Å². The summed E-state index contributed by atoms with van der Waals surface area (Å²) in [6.07, 6.45) is 97.1. The van der Waals surface area contributed by atoms with E-state index in [1.165, 1.54) is 70.6 Å². The molecule has 0 heterocycles. The molecule has 0 aliphatic rings. The number of ether oxygens (including phenoxy) is 3. The molecule has 0 saturated heterocycles. The molecule has 0 rings (SSSR count). The Hall–Kier alpha value is -4.97. The molecule has 0 aliphatic heterocycles. The molecule has 6 heteroatoms. The predicted octanol–water partition coefficient (Wildman–Crippen LogP) is 22.5. The quantitative estimate of drug-likeness (QED) is 0.0261. The number of esters is 3. The summed E-state index contributed by atoms with van der Waals surface area (Å²) in [5, 5.41) is 0. The van der Waals surface area contributed by atoms with Gasteiger partial charge in [0.05, 0.1) is 0 Å².